The molecule has 2 heterocycles. The Bertz CT molecular complexity index is 944. The fourth-order valence-electron chi connectivity index (χ4n) is 2.89. The van der Waals surface area contributed by atoms with Crippen molar-refractivity contribution in [3.8, 4) is 17.6 Å². The predicted molar refractivity (Wildman–Crippen MR) is 106 cm³/mol. The summed E-state index contributed by atoms with van der Waals surface area (Å²) in [5, 5.41) is 9.65. The van der Waals surface area contributed by atoms with Crippen molar-refractivity contribution in [1.82, 2.24) is 9.80 Å². The van der Waals surface area contributed by atoms with Crippen LogP contribution in [0.4, 0.5) is 0 Å². The van der Waals surface area contributed by atoms with Crippen LogP contribution in [0.15, 0.2) is 40.8 Å². The van der Waals surface area contributed by atoms with E-state index in [2.05, 4.69) is 11.8 Å². The number of benzene rings is 1. The number of rotatable bonds is 4. The molecule has 3 rings (SSSR count). The molecule has 1 aromatic carbocycles. The van der Waals surface area contributed by atoms with Gasteiger partial charge in [-0.25, -0.2) is 0 Å². The van der Waals surface area contributed by atoms with Gasteiger partial charge in [0.1, 0.15) is 17.9 Å². The molecule has 0 saturated carbocycles. The Hall–Kier alpha value is -3.24. The minimum atomic E-state index is -1.15. The van der Waals surface area contributed by atoms with Crippen molar-refractivity contribution in [2.45, 2.75) is 26.0 Å². The third kappa shape index (κ3) is 5.39. The van der Waals surface area contributed by atoms with Crippen molar-refractivity contribution >= 4 is 11.8 Å². The van der Waals surface area contributed by atoms with E-state index in [-0.39, 0.29) is 24.1 Å². The summed E-state index contributed by atoms with van der Waals surface area (Å²) in [5.74, 6) is 6.04. The van der Waals surface area contributed by atoms with Crippen LogP contribution in [0.25, 0.3) is 0 Å². The first-order chi connectivity index (χ1) is 13.7. The van der Waals surface area contributed by atoms with Crippen molar-refractivity contribution < 1.29 is 23.8 Å². The number of piperazine rings is 1. The molecule has 0 aliphatic carbocycles. The molecular formula is C22H24N2O5. The van der Waals surface area contributed by atoms with Gasteiger partial charge in [-0.05, 0) is 49.6 Å². The minimum absolute atomic E-state index is 0.000368. The van der Waals surface area contributed by atoms with Crippen LogP contribution >= 0.6 is 0 Å². The van der Waals surface area contributed by atoms with Gasteiger partial charge in [-0.3, -0.25) is 9.59 Å². The molecule has 0 unspecified atom stereocenters. The monoisotopic (exact) mass is 396 g/mol. The van der Waals surface area contributed by atoms with Crippen LogP contribution in [-0.4, -0.2) is 59.1 Å². The average molecular weight is 396 g/mol. The van der Waals surface area contributed by atoms with Crippen LogP contribution in [0.5, 0.6) is 5.75 Å². The number of amides is 2. The Morgan fingerprint density at radius 1 is 1.21 bits per heavy atom. The van der Waals surface area contributed by atoms with E-state index in [0.717, 1.165) is 11.3 Å². The Morgan fingerprint density at radius 2 is 1.93 bits per heavy atom. The number of hydrogen-bond donors (Lipinski definition) is 1. The number of carbonyl (C=O) groups is 2. The second-order valence-corrected chi connectivity index (χ2v) is 7.36. The molecule has 152 valence electrons. The average Bonchev–Trinajstić information content (AvgIpc) is 3.16. The van der Waals surface area contributed by atoms with Crippen LogP contribution in [0.2, 0.25) is 0 Å². The quantitative estimate of drug-likeness (QED) is 0.798. The molecule has 1 fully saturated rings. The highest BCUT2D eigenvalue weighted by Gasteiger charge is 2.29. The fourth-order valence-corrected chi connectivity index (χ4v) is 2.89. The lowest BCUT2D eigenvalue weighted by Gasteiger charge is -2.34. The number of methoxy groups -OCH3 is 1. The van der Waals surface area contributed by atoms with E-state index >= 15 is 0 Å². The van der Waals surface area contributed by atoms with Crippen molar-refractivity contribution in [1.29, 1.82) is 0 Å². The predicted octanol–water partition coefficient (Wildman–Crippen LogP) is 1.90. The van der Waals surface area contributed by atoms with Crippen LogP contribution in [0.1, 0.15) is 35.7 Å². The standard InChI is InChI=1S/C22H24N2O5/c1-22(2,27)11-10-18-8-9-19(29-18)21(26)24-13-12-23(20(25)15-24)14-16-4-6-17(28-3)7-5-16/h4-9,27H,12-15H2,1-3H3. The molecule has 7 heteroatoms. The van der Waals surface area contributed by atoms with E-state index in [1.807, 2.05) is 24.3 Å². The molecule has 7 nitrogen and oxygen atoms in total. The molecule has 0 spiro atoms. The first-order valence-electron chi connectivity index (χ1n) is 9.30. The second-order valence-electron chi connectivity index (χ2n) is 7.36. The van der Waals surface area contributed by atoms with Gasteiger partial charge in [0.2, 0.25) is 5.91 Å². The molecule has 2 aromatic rings. The molecule has 1 N–H and O–H groups in total. The SMILES string of the molecule is COc1ccc(CN2CCN(C(=O)c3ccc(C#CC(C)(C)O)o3)CC2=O)cc1. The highest BCUT2D eigenvalue weighted by atomic mass is 16.5. The molecule has 1 aliphatic heterocycles. The lowest BCUT2D eigenvalue weighted by Crippen LogP contribution is -2.51. The Balaban J connectivity index is 1.60. The number of aliphatic hydroxyl groups is 1. The Labute approximate surface area is 169 Å². The number of nitrogens with zero attached hydrogens (tertiary/aromatic N) is 2. The van der Waals surface area contributed by atoms with Crippen molar-refractivity contribution in [3.05, 3.63) is 53.5 Å². The zero-order valence-electron chi connectivity index (χ0n) is 16.8. The molecule has 0 atom stereocenters. The minimum Gasteiger partial charge on any atom is -0.497 e. The topological polar surface area (TPSA) is 83.2 Å². The normalized spacial score (nSPS) is 14.4. The zero-order chi connectivity index (χ0) is 21.0. The highest BCUT2D eigenvalue weighted by Crippen LogP contribution is 2.17. The maximum Gasteiger partial charge on any atom is 0.290 e. The fraction of sp³-hybridized carbons (Fsp3) is 0.364. The van der Waals surface area contributed by atoms with E-state index in [9.17, 15) is 14.7 Å². The maximum atomic E-state index is 12.6. The lowest BCUT2D eigenvalue weighted by atomic mass is 10.1. The summed E-state index contributed by atoms with van der Waals surface area (Å²) < 4.78 is 10.6. The van der Waals surface area contributed by atoms with E-state index < -0.39 is 5.60 Å². The number of carbonyl (C=O) groups excluding carboxylic acids is 2. The van der Waals surface area contributed by atoms with Gasteiger partial charge in [0.15, 0.2) is 11.5 Å². The summed E-state index contributed by atoms with van der Waals surface area (Å²) >= 11 is 0. The molecule has 0 bridgehead atoms. The van der Waals surface area contributed by atoms with Crippen molar-refractivity contribution in [2.75, 3.05) is 26.7 Å². The van der Waals surface area contributed by atoms with Gasteiger partial charge in [-0.15, -0.1) is 0 Å². The van der Waals surface area contributed by atoms with Crippen LogP contribution < -0.4 is 4.74 Å². The third-order valence-corrected chi connectivity index (χ3v) is 4.45. The molecule has 0 radical (unpaired) electrons. The van der Waals surface area contributed by atoms with E-state index in [4.69, 9.17) is 9.15 Å². The first-order valence-corrected chi connectivity index (χ1v) is 9.30. The van der Waals surface area contributed by atoms with E-state index in [1.165, 1.54) is 11.0 Å². The van der Waals surface area contributed by atoms with Crippen LogP contribution in [0.3, 0.4) is 0 Å². The van der Waals surface area contributed by atoms with Crippen molar-refractivity contribution in [2.24, 2.45) is 0 Å². The highest BCUT2D eigenvalue weighted by molar-refractivity contribution is 5.95. The Kier molecular flexibility index (Phi) is 5.95. The van der Waals surface area contributed by atoms with Gasteiger partial charge in [0.05, 0.1) is 7.11 Å². The summed E-state index contributed by atoms with van der Waals surface area (Å²) in [6.45, 7) is 4.48. The molecule has 2 amide bonds. The van der Waals surface area contributed by atoms with Gasteiger partial charge in [-0.2, -0.15) is 0 Å². The first kappa shape index (κ1) is 20.5. The maximum absolute atomic E-state index is 12.6. The molecule has 29 heavy (non-hydrogen) atoms. The largest absolute Gasteiger partial charge is 0.497 e. The second kappa shape index (κ2) is 8.41. The molecule has 1 aromatic heterocycles. The summed E-state index contributed by atoms with van der Waals surface area (Å²) in [7, 11) is 1.61. The molecule has 1 saturated heterocycles. The van der Waals surface area contributed by atoms with E-state index in [1.54, 1.807) is 31.9 Å². The van der Waals surface area contributed by atoms with Gasteiger partial charge in [0, 0.05) is 19.6 Å². The van der Waals surface area contributed by atoms with Crippen LogP contribution in [-0.2, 0) is 11.3 Å². The summed E-state index contributed by atoms with van der Waals surface area (Å²) in [6, 6.07) is 10.7. The van der Waals surface area contributed by atoms with E-state index in [0.29, 0.717) is 25.4 Å². The molecule has 1 aliphatic rings. The van der Waals surface area contributed by atoms with Crippen LogP contribution in [0, 0.1) is 11.8 Å². The number of ether oxygens (including phenoxy) is 1. The summed E-state index contributed by atoms with van der Waals surface area (Å²) in [5.41, 5.74) is -0.149. The van der Waals surface area contributed by atoms with Gasteiger partial charge in [-0.1, -0.05) is 18.1 Å². The summed E-state index contributed by atoms with van der Waals surface area (Å²) in [4.78, 5) is 28.4. The zero-order valence-corrected chi connectivity index (χ0v) is 16.8. The third-order valence-electron chi connectivity index (χ3n) is 4.45. The lowest BCUT2D eigenvalue weighted by molar-refractivity contribution is -0.135. The van der Waals surface area contributed by atoms with Crippen molar-refractivity contribution in [3.63, 3.8) is 0 Å². The number of hydrogen-bond acceptors (Lipinski definition) is 5. The van der Waals surface area contributed by atoms with Gasteiger partial charge >= 0.3 is 0 Å². The Morgan fingerprint density at radius 3 is 2.55 bits per heavy atom. The van der Waals surface area contributed by atoms with Gasteiger partial charge in [0.25, 0.3) is 5.91 Å². The summed E-state index contributed by atoms with van der Waals surface area (Å²) in [6.07, 6.45) is 0. The number of furan rings is 1. The molecular weight excluding hydrogens is 372 g/mol. The van der Waals surface area contributed by atoms with Gasteiger partial charge < -0.3 is 24.1 Å². The smallest absolute Gasteiger partial charge is 0.290 e.